The zero-order chi connectivity index (χ0) is 12.5. The molecule has 1 rings (SSSR count). The molecule has 0 aliphatic heterocycles. The van der Waals surface area contributed by atoms with E-state index in [1.54, 1.807) is 0 Å². The van der Waals surface area contributed by atoms with Crippen LogP contribution >= 0.6 is 0 Å². The summed E-state index contributed by atoms with van der Waals surface area (Å²) in [5, 5.41) is 0. The van der Waals surface area contributed by atoms with Gasteiger partial charge in [0.25, 0.3) is 0 Å². The monoisotopic (exact) mass is 236 g/mol. The Kier molecular flexibility index (Phi) is 6.15. The van der Waals surface area contributed by atoms with Crippen molar-refractivity contribution >= 4 is 5.97 Å². The van der Waals surface area contributed by atoms with E-state index >= 15 is 0 Å². The molecule has 0 aliphatic carbocycles. The minimum Gasteiger partial charge on any atom is -0.494 e. The normalized spacial score (nSPS) is 10.0. The number of carbonyl (C=O) groups is 1. The highest BCUT2D eigenvalue weighted by Gasteiger charge is 2.01. The summed E-state index contributed by atoms with van der Waals surface area (Å²) < 4.78 is 10.2. The molecule has 0 amide bonds. The summed E-state index contributed by atoms with van der Waals surface area (Å²) in [7, 11) is 0. The van der Waals surface area contributed by atoms with E-state index in [9.17, 15) is 4.79 Å². The molecule has 3 heteroatoms. The van der Waals surface area contributed by atoms with Crippen LogP contribution in [-0.4, -0.2) is 19.2 Å². The van der Waals surface area contributed by atoms with Gasteiger partial charge in [-0.1, -0.05) is 12.1 Å². The van der Waals surface area contributed by atoms with Crippen LogP contribution in [0.3, 0.4) is 0 Å². The third-order valence-electron chi connectivity index (χ3n) is 2.39. The SMILES string of the molecule is CCOC(=O)CCCc1ccc(OCC)cc1. The summed E-state index contributed by atoms with van der Waals surface area (Å²) in [4.78, 5) is 11.1. The predicted octanol–water partition coefficient (Wildman–Crippen LogP) is 2.97. The summed E-state index contributed by atoms with van der Waals surface area (Å²) in [6.45, 7) is 4.93. The van der Waals surface area contributed by atoms with Crippen molar-refractivity contribution < 1.29 is 14.3 Å². The van der Waals surface area contributed by atoms with Crippen LogP contribution in [0, 0.1) is 0 Å². The third-order valence-corrected chi connectivity index (χ3v) is 2.39. The fourth-order valence-corrected chi connectivity index (χ4v) is 1.59. The number of rotatable bonds is 7. The van der Waals surface area contributed by atoms with Gasteiger partial charge in [-0.25, -0.2) is 0 Å². The van der Waals surface area contributed by atoms with Gasteiger partial charge >= 0.3 is 5.97 Å². The summed E-state index contributed by atoms with van der Waals surface area (Å²) in [5.41, 5.74) is 1.22. The minimum absolute atomic E-state index is 0.113. The van der Waals surface area contributed by atoms with Crippen molar-refractivity contribution in [1.82, 2.24) is 0 Å². The van der Waals surface area contributed by atoms with Crippen molar-refractivity contribution in [2.24, 2.45) is 0 Å². The number of carbonyl (C=O) groups excluding carboxylic acids is 1. The van der Waals surface area contributed by atoms with Gasteiger partial charge in [-0.05, 0) is 44.4 Å². The first-order chi connectivity index (χ1) is 8.26. The molecule has 0 spiro atoms. The molecular weight excluding hydrogens is 216 g/mol. The Balaban J connectivity index is 2.29. The summed E-state index contributed by atoms with van der Waals surface area (Å²) in [6, 6.07) is 8.00. The van der Waals surface area contributed by atoms with Crippen LogP contribution in [0.15, 0.2) is 24.3 Å². The lowest BCUT2D eigenvalue weighted by Gasteiger charge is -2.05. The Morgan fingerprint density at radius 1 is 1.12 bits per heavy atom. The van der Waals surface area contributed by atoms with E-state index in [0.29, 0.717) is 19.6 Å². The lowest BCUT2D eigenvalue weighted by Crippen LogP contribution is -2.04. The Morgan fingerprint density at radius 3 is 2.41 bits per heavy atom. The molecule has 1 aromatic rings. The Bertz CT molecular complexity index is 330. The molecule has 0 saturated heterocycles. The molecule has 17 heavy (non-hydrogen) atoms. The predicted molar refractivity (Wildman–Crippen MR) is 67.2 cm³/mol. The topological polar surface area (TPSA) is 35.5 Å². The van der Waals surface area contributed by atoms with Crippen LogP contribution < -0.4 is 4.74 Å². The van der Waals surface area contributed by atoms with Crippen LogP contribution in [0.4, 0.5) is 0 Å². The largest absolute Gasteiger partial charge is 0.494 e. The van der Waals surface area contributed by atoms with E-state index in [4.69, 9.17) is 9.47 Å². The Hall–Kier alpha value is -1.51. The first-order valence-electron chi connectivity index (χ1n) is 6.13. The van der Waals surface area contributed by atoms with Crippen molar-refractivity contribution in [3.05, 3.63) is 29.8 Å². The molecule has 94 valence electrons. The van der Waals surface area contributed by atoms with E-state index in [1.807, 2.05) is 38.1 Å². The van der Waals surface area contributed by atoms with Crippen molar-refractivity contribution in [1.29, 1.82) is 0 Å². The highest BCUT2D eigenvalue weighted by Crippen LogP contribution is 2.13. The second-order valence-corrected chi connectivity index (χ2v) is 3.74. The second kappa shape index (κ2) is 7.71. The fraction of sp³-hybridized carbons (Fsp3) is 0.500. The zero-order valence-corrected chi connectivity index (χ0v) is 10.6. The second-order valence-electron chi connectivity index (χ2n) is 3.74. The van der Waals surface area contributed by atoms with E-state index in [1.165, 1.54) is 5.56 Å². The van der Waals surface area contributed by atoms with Gasteiger partial charge in [0.15, 0.2) is 0 Å². The summed E-state index contributed by atoms with van der Waals surface area (Å²) in [6.07, 6.45) is 2.21. The van der Waals surface area contributed by atoms with E-state index in [0.717, 1.165) is 18.6 Å². The third kappa shape index (κ3) is 5.38. The van der Waals surface area contributed by atoms with Gasteiger partial charge < -0.3 is 9.47 Å². The van der Waals surface area contributed by atoms with Gasteiger partial charge in [0, 0.05) is 6.42 Å². The molecular formula is C14H20O3. The van der Waals surface area contributed by atoms with Crippen molar-refractivity contribution in [3.63, 3.8) is 0 Å². The molecule has 0 fully saturated rings. The molecule has 0 aliphatic rings. The van der Waals surface area contributed by atoms with Crippen LogP contribution in [0.25, 0.3) is 0 Å². The molecule has 0 radical (unpaired) electrons. The van der Waals surface area contributed by atoms with Gasteiger partial charge in [-0.3, -0.25) is 4.79 Å². The summed E-state index contributed by atoms with van der Waals surface area (Å²) in [5.74, 6) is 0.778. The molecule has 0 bridgehead atoms. The molecule has 0 unspecified atom stereocenters. The number of hydrogen-bond donors (Lipinski definition) is 0. The smallest absolute Gasteiger partial charge is 0.305 e. The van der Waals surface area contributed by atoms with Crippen LogP contribution in [0.1, 0.15) is 32.3 Å². The molecule has 0 saturated carbocycles. The molecule has 0 heterocycles. The van der Waals surface area contributed by atoms with E-state index < -0.39 is 0 Å². The highest BCUT2D eigenvalue weighted by molar-refractivity contribution is 5.69. The number of esters is 1. The fourth-order valence-electron chi connectivity index (χ4n) is 1.59. The number of benzene rings is 1. The zero-order valence-electron chi connectivity index (χ0n) is 10.6. The van der Waals surface area contributed by atoms with E-state index in [-0.39, 0.29) is 5.97 Å². The highest BCUT2D eigenvalue weighted by atomic mass is 16.5. The Morgan fingerprint density at radius 2 is 1.82 bits per heavy atom. The molecule has 1 aromatic carbocycles. The van der Waals surface area contributed by atoms with Crippen molar-refractivity contribution in [2.75, 3.05) is 13.2 Å². The maximum atomic E-state index is 11.1. The molecule has 0 N–H and O–H groups in total. The summed E-state index contributed by atoms with van der Waals surface area (Å²) >= 11 is 0. The van der Waals surface area contributed by atoms with Crippen molar-refractivity contribution in [3.8, 4) is 5.75 Å². The number of ether oxygens (including phenoxy) is 2. The first kappa shape index (κ1) is 13.6. The van der Waals surface area contributed by atoms with E-state index in [2.05, 4.69) is 0 Å². The van der Waals surface area contributed by atoms with Crippen LogP contribution in [0.5, 0.6) is 5.75 Å². The van der Waals surface area contributed by atoms with Crippen LogP contribution in [0.2, 0.25) is 0 Å². The standard InChI is InChI=1S/C14H20O3/c1-3-16-13-10-8-12(9-11-13)6-5-7-14(15)17-4-2/h8-11H,3-7H2,1-2H3. The molecule has 3 nitrogen and oxygen atoms in total. The average Bonchev–Trinajstić information content (AvgIpc) is 2.32. The van der Waals surface area contributed by atoms with Crippen molar-refractivity contribution in [2.45, 2.75) is 33.1 Å². The first-order valence-corrected chi connectivity index (χ1v) is 6.13. The van der Waals surface area contributed by atoms with Gasteiger partial charge in [0.2, 0.25) is 0 Å². The number of hydrogen-bond acceptors (Lipinski definition) is 3. The minimum atomic E-state index is -0.113. The van der Waals surface area contributed by atoms with Gasteiger partial charge in [0.1, 0.15) is 5.75 Å². The lowest BCUT2D eigenvalue weighted by atomic mass is 10.1. The van der Waals surface area contributed by atoms with Gasteiger partial charge in [-0.2, -0.15) is 0 Å². The maximum absolute atomic E-state index is 11.1. The van der Waals surface area contributed by atoms with Gasteiger partial charge in [-0.15, -0.1) is 0 Å². The maximum Gasteiger partial charge on any atom is 0.305 e. The Labute approximate surface area is 103 Å². The van der Waals surface area contributed by atoms with Gasteiger partial charge in [0.05, 0.1) is 13.2 Å². The average molecular weight is 236 g/mol. The lowest BCUT2D eigenvalue weighted by molar-refractivity contribution is -0.143. The quantitative estimate of drug-likeness (QED) is 0.683. The molecule has 0 atom stereocenters. The van der Waals surface area contributed by atoms with Crippen LogP contribution in [-0.2, 0) is 16.0 Å². The molecule has 0 aromatic heterocycles. The number of aryl methyl sites for hydroxylation is 1.